The number of aliphatic hydroxyl groups is 1. The molecule has 64 valence electrons. The van der Waals surface area contributed by atoms with E-state index in [0.29, 0.717) is 6.42 Å². The zero-order valence-electron chi connectivity index (χ0n) is 6.64. The lowest BCUT2D eigenvalue weighted by Crippen LogP contribution is -1.88. The Morgan fingerprint density at radius 1 is 1.25 bits per heavy atom. The molecule has 0 fully saturated rings. The van der Waals surface area contributed by atoms with Crippen molar-refractivity contribution in [1.82, 2.24) is 0 Å². The summed E-state index contributed by atoms with van der Waals surface area (Å²) >= 11 is 0. The topological polar surface area (TPSA) is 71.0 Å². The van der Waals surface area contributed by atoms with Crippen LogP contribution in [0.4, 0.5) is 5.69 Å². The van der Waals surface area contributed by atoms with Crippen LogP contribution in [0.5, 0.6) is 0 Å². The van der Waals surface area contributed by atoms with Crippen LogP contribution in [0.25, 0.3) is 0 Å². The van der Waals surface area contributed by atoms with Crippen molar-refractivity contribution >= 4 is 5.69 Å². The molecule has 0 aromatic heterocycles. The fourth-order valence-electron chi connectivity index (χ4n) is 0.925. The van der Waals surface area contributed by atoms with Crippen LogP contribution >= 0.6 is 0 Å². The van der Waals surface area contributed by atoms with Crippen LogP contribution in [0.2, 0.25) is 0 Å². The van der Waals surface area contributed by atoms with E-state index in [4.69, 9.17) is 10.9 Å². The molecule has 0 aliphatic carbocycles. The number of hydrogen-bond donors (Lipinski definition) is 2. The lowest BCUT2D eigenvalue weighted by molar-refractivity contribution is 0.299. The van der Waals surface area contributed by atoms with Gasteiger partial charge in [-0.3, -0.25) is 0 Å². The molecule has 3 N–H and O–H groups in total. The summed E-state index contributed by atoms with van der Waals surface area (Å²) in [7, 11) is 0. The third kappa shape index (κ3) is 2.32. The Bertz CT molecular complexity index is 256. The van der Waals surface area contributed by atoms with E-state index in [2.05, 4.69) is 10.3 Å². The molecule has 12 heavy (non-hydrogen) atoms. The zero-order chi connectivity index (χ0) is 8.81. The first-order valence-corrected chi connectivity index (χ1v) is 3.67. The molecular formula is C8H11N3O. The van der Waals surface area contributed by atoms with Crippen molar-refractivity contribution in [2.24, 2.45) is 16.2 Å². The van der Waals surface area contributed by atoms with Crippen molar-refractivity contribution in [2.75, 3.05) is 6.61 Å². The fraction of sp³-hybridized carbons (Fsp3) is 0.250. The van der Waals surface area contributed by atoms with Crippen LogP contribution < -0.4 is 5.84 Å². The quantitative estimate of drug-likeness (QED) is 0.401. The molecule has 0 heterocycles. The Balaban J connectivity index is 2.71. The van der Waals surface area contributed by atoms with E-state index in [1.165, 1.54) is 0 Å². The third-order valence-electron chi connectivity index (χ3n) is 1.51. The highest BCUT2D eigenvalue weighted by molar-refractivity contribution is 5.38. The van der Waals surface area contributed by atoms with Crippen LogP contribution in [0.1, 0.15) is 5.56 Å². The van der Waals surface area contributed by atoms with Crippen molar-refractivity contribution in [3.8, 4) is 0 Å². The van der Waals surface area contributed by atoms with Crippen molar-refractivity contribution in [3.63, 3.8) is 0 Å². The first-order chi connectivity index (χ1) is 5.86. The summed E-state index contributed by atoms with van der Waals surface area (Å²) < 4.78 is 0. The van der Waals surface area contributed by atoms with Crippen molar-refractivity contribution in [2.45, 2.75) is 6.42 Å². The summed E-state index contributed by atoms with van der Waals surface area (Å²) in [5.74, 6) is 4.88. The highest BCUT2D eigenvalue weighted by atomic mass is 16.2. The van der Waals surface area contributed by atoms with Crippen LogP contribution in [-0.4, -0.2) is 11.7 Å². The van der Waals surface area contributed by atoms with Gasteiger partial charge in [0.05, 0.1) is 5.69 Å². The molecule has 4 heteroatoms. The summed E-state index contributed by atoms with van der Waals surface area (Å²) in [6.07, 6.45) is 0.667. The van der Waals surface area contributed by atoms with Gasteiger partial charge in [-0.2, -0.15) is 0 Å². The number of nitrogens with zero attached hydrogens (tertiary/aromatic N) is 2. The van der Waals surface area contributed by atoms with Gasteiger partial charge in [0.1, 0.15) is 0 Å². The van der Waals surface area contributed by atoms with Gasteiger partial charge in [0.25, 0.3) is 0 Å². The zero-order valence-corrected chi connectivity index (χ0v) is 6.64. The van der Waals surface area contributed by atoms with Crippen molar-refractivity contribution < 1.29 is 5.11 Å². The first-order valence-electron chi connectivity index (χ1n) is 3.67. The van der Waals surface area contributed by atoms with Crippen molar-refractivity contribution in [3.05, 3.63) is 29.8 Å². The minimum absolute atomic E-state index is 0.164. The summed E-state index contributed by atoms with van der Waals surface area (Å²) in [6, 6.07) is 7.39. The maximum Gasteiger partial charge on any atom is 0.0874 e. The molecule has 1 aromatic carbocycles. The standard InChI is InChI=1S/C8H11N3O/c9-11-10-8-3-1-7(2-4-8)5-6-12/h1-4,12H,5-6H2,(H2,9,10). The maximum atomic E-state index is 8.63. The summed E-state index contributed by atoms with van der Waals surface area (Å²) in [5.41, 5.74) is 1.80. The molecule has 0 radical (unpaired) electrons. The molecule has 4 nitrogen and oxygen atoms in total. The van der Waals surface area contributed by atoms with Crippen LogP contribution in [0, 0.1) is 0 Å². The number of nitrogens with two attached hydrogens (primary N) is 1. The van der Waals surface area contributed by atoms with Crippen LogP contribution in [0.15, 0.2) is 34.6 Å². The van der Waals surface area contributed by atoms with Gasteiger partial charge in [0.2, 0.25) is 0 Å². The maximum absolute atomic E-state index is 8.63. The van der Waals surface area contributed by atoms with Gasteiger partial charge in [-0.15, -0.1) is 5.11 Å². The summed E-state index contributed by atoms with van der Waals surface area (Å²) in [5, 5.41) is 15.4. The van der Waals surface area contributed by atoms with Crippen LogP contribution in [-0.2, 0) is 6.42 Å². The molecule has 0 aliphatic heterocycles. The second-order valence-corrected chi connectivity index (χ2v) is 2.36. The van der Waals surface area contributed by atoms with E-state index < -0.39 is 0 Å². The van der Waals surface area contributed by atoms with Crippen molar-refractivity contribution in [1.29, 1.82) is 0 Å². The van der Waals surface area contributed by atoms with Gasteiger partial charge >= 0.3 is 0 Å². The van der Waals surface area contributed by atoms with E-state index in [1.807, 2.05) is 12.1 Å². The van der Waals surface area contributed by atoms with Gasteiger partial charge in [-0.1, -0.05) is 17.4 Å². The number of benzene rings is 1. The Morgan fingerprint density at radius 2 is 1.92 bits per heavy atom. The molecule has 0 saturated heterocycles. The molecular weight excluding hydrogens is 154 g/mol. The molecule has 0 bridgehead atoms. The van der Waals surface area contributed by atoms with Gasteiger partial charge in [0, 0.05) is 6.61 Å². The monoisotopic (exact) mass is 165 g/mol. The van der Waals surface area contributed by atoms with E-state index >= 15 is 0 Å². The largest absolute Gasteiger partial charge is 0.396 e. The molecule has 0 saturated carbocycles. The number of rotatable bonds is 3. The predicted molar refractivity (Wildman–Crippen MR) is 45.9 cm³/mol. The van der Waals surface area contributed by atoms with E-state index in [1.54, 1.807) is 12.1 Å². The number of hydrogen-bond acceptors (Lipinski definition) is 3. The van der Waals surface area contributed by atoms with E-state index in [0.717, 1.165) is 11.3 Å². The average Bonchev–Trinajstić information content (AvgIpc) is 2.09. The normalized spacial score (nSPS) is 10.8. The van der Waals surface area contributed by atoms with Gasteiger partial charge in [0.15, 0.2) is 0 Å². The number of aliphatic hydroxyl groups excluding tert-OH is 1. The van der Waals surface area contributed by atoms with Gasteiger partial charge in [-0.05, 0) is 24.1 Å². The second-order valence-electron chi connectivity index (χ2n) is 2.36. The first kappa shape index (κ1) is 8.67. The highest BCUT2D eigenvalue weighted by Gasteiger charge is 1.91. The van der Waals surface area contributed by atoms with Gasteiger partial charge in [-0.25, -0.2) is 0 Å². The SMILES string of the molecule is NN=Nc1ccc(CCO)cc1. The molecule has 1 aromatic rings. The minimum Gasteiger partial charge on any atom is -0.396 e. The fourth-order valence-corrected chi connectivity index (χ4v) is 0.925. The Kier molecular flexibility index (Phi) is 3.22. The lowest BCUT2D eigenvalue weighted by atomic mass is 10.1. The highest BCUT2D eigenvalue weighted by Crippen LogP contribution is 2.12. The molecule has 0 unspecified atom stereocenters. The Hall–Kier alpha value is -1.42. The van der Waals surface area contributed by atoms with Crippen LogP contribution in [0.3, 0.4) is 0 Å². The molecule has 0 spiro atoms. The minimum atomic E-state index is 0.164. The van der Waals surface area contributed by atoms with E-state index in [9.17, 15) is 0 Å². The molecule has 0 amide bonds. The predicted octanol–water partition coefficient (Wildman–Crippen LogP) is 1.18. The Labute approximate surface area is 70.7 Å². The van der Waals surface area contributed by atoms with E-state index in [-0.39, 0.29) is 6.61 Å². The lowest BCUT2D eigenvalue weighted by Gasteiger charge is -1.96. The average molecular weight is 165 g/mol. The third-order valence-corrected chi connectivity index (χ3v) is 1.51. The Morgan fingerprint density at radius 3 is 2.42 bits per heavy atom. The summed E-state index contributed by atoms with van der Waals surface area (Å²) in [6.45, 7) is 0.164. The van der Waals surface area contributed by atoms with Gasteiger partial charge < -0.3 is 10.9 Å². The molecule has 1 rings (SSSR count). The smallest absolute Gasteiger partial charge is 0.0874 e. The molecule has 0 aliphatic rings. The second kappa shape index (κ2) is 4.46. The molecule has 0 atom stereocenters. The summed E-state index contributed by atoms with van der Waals surface area (Å²) in [4.78, 5) is 0.